The minimum absolute atomic E-state index is 0.125. The first-order valence-electron chi connectivity index (χ1n) is 11.2. The third-order valence-electron chi connectivity index (χ3n) is 5.78. The second kappa shape index (κ2) is 10.1. The Morgan fingerprint density at radius 2 is 2.09 bits per heavy atom. The fraction of sp³-hybridized carbons (Fsp3) is 0.280. The molecule has 0 radical (unpaired) electrons. The van der Waals surface area contributed by atoms with Crippen molar-refractivity contribution < 1.29 is 4.79 Å². The highest BCUT2D eigenvalue weighted by Gasteiger charge is 2.19. The fourth-order valence-electron chi connectivity index (χ4n) is 3.90. The van der Waals surface area contributed by atoms with Gasteiger partial charge < -0.3 is 10.2 Å². The molecule has 0 saturated carbocycles. The number of nitrogens with zero attached hydrogens (tertiary/aromatic N) is 4. The van der Waals surface area contributed by atoms with Crippen LogP contribution in [0.2, 0.25) is 0 Å². The summed E-state index contributed by atoms with van der Waals surface area (Å²) in [4.78, 5) is 30.9. The molecule has 9 heteroatoms. The van der Waals surface area contributed by atoms with E-state index in [1.807, 2.05) is 42.7 Å². The van der Waals surface area contributed by atoms with Crippen LogP contribution in [-0.4, -0.2) is 39.4 Å². The van der Waals surface area contributed by atoms with Gasteiger partial charge in [-0.1, -0.05) is 12.1 Å². The van der Waals surface area contributed by atoms with Crippen LogP contribution >= 0.6 is 22.7 Å². The van der Waals surface area contributed by atoms with Crippen LogP contribution in [0.1, 0.15) is 36.9 Å². The van der Waals surface area contributed by atoms with Crippen LogP contribution < -0.4 is 10.6 Å². The molecule has 1 amide bonds. The van der Waals surface area contributed by atoms with Crippen molar-refractivity contribution in [1.82, 2.24) is 25.2 Å². The highest BCUT2D eigenvalue weighted by Crippen LogP contribution is 2.28. The van der Waals surface area contributed by atoms with Crippen LogP contribution in [0, 0.1) is 6.92 Å². The van der Waals surface area contributed by atoms with Gasteiger partial charge in [0.1, 0.15) is 5.01 Å². The van der Waals surface area contributed by atoms with Gasteiger partial charge in [0.15, 0.2) is 5.13 Å². The van der Waals surface area contributed by atoms with Crippen LogP contribution in [0.25, 0.3) is 10.6 Å². The van der Waals surface area contributed by atoms with Gasteiger partial charge in [-0.15, -0.1) is 22.7 Å². The number of hydrogen-bond acceptors (Lipinski definition) is 8. The van der Waals surface area contributed by atoms with E-state index in [1.54, 1.807) is 28.9 Å². The minimum atomic E-state index is -0.125. The number of aromatic nitrogens is 3. The molecule has 0 atom stereocenters. The molecule has 1 aliphatic heterocycles. The quantitative estimate of drug-likeness (QED) is 0.397. The molecule has 34 heavy (non-hydrogen) atoms. The maximum Gasteiger partial charge on any atom is 0.257 e. The van der Waals surface area contributed by atoms with Crippen molar-refractivity contribution in [1.29, 1.82) is 0 Å². The number of amides is 1. The first-order valence-corrected chi connectivity index (χ1v) is 12.8. The van der Waals surface area contributed by atoms with E-state index >= 15 is 0 Å². The van der Waals surface area contributed by atoms with Crippen LogP contribution in [-0.2, 0) is 26.1 Å². The molecule has 0 bridgehead atoms. The number of nitrogens with one attached hydrogen (secondary N) is 2. The lowest BCUT2D eigenvalue weighted by molar-refractivity contribution is 0.102. The number of carbonyl (C=O) groups is 1. The first-order chi connectivity index (χ1) is 16.5. The van der Waals surface area contributed by atoms with Crippen molar-refractivity contribution >= 4 is 33.7 Å². The summed E-state index contributed by atoms with van der Waals surface area (Å²) >= 11 is 3.24. The number of fused-ring (bicyclic) bond motifs is 1. The molecule has 7 nitrogen and oxygen atoms in total. The normalized spacial score (nSPS) is 13.6. The summed E-state index contributed by atoms with van der Waals surface area (Å²) in [6, 6.07) is 9.72. The van der Waals surface area contributed by atoms with E-state index in [2.05, 4.69) is 44.5 Å². The lowest BCUT2D eigenvalue weighted by atomic mass is 10.1. The van der Waals surface area contributed by atoms with Gasteiger partial charge in [-0.25, -0.2) is 9.97 Å². The number of anilines is 1. The zero-order chi connectivity index (χ0) is 23.5. The predicted octanol–water partition coefficient (Wildman–Crippen LogP) is 4.50. The van der Waals surface area contributed by atoms with E-state index in [4.69, 9.17) is 0 Å². The van der Waals surface area contributed by atoms with Gasteiger partial charge >= 0.3 is 0 Å². The second-order valence-corrected chi connectivity index (χ2v) is 10.7. The molecule has 1 aromatic carbocycles. The van der Waals surface area contributed by atoms with Crippen molar-refractivity contribution in [2.45, 2.75) is 33.0 Å². The van der Waals surface area contributed by atoms with E-state index in [0.29, 0.717) is 23.8 Å². The van der Waals surface area contributed by atoms with Crippen LogP contribution in [0.5, 0.6) is 0 Å². The third-order valence-corrected chi connectivity index (χ3v) is 7.81. The molecule has 4 heterocycles. The zero-order valence-corrected chi connectivity index (χ0v) is 20.8. The summed E-state index contributed by atoms with van der Waals surface area (Å²) in [6.45, 7) is 5.35. The Balaban J connectivity index is 1.17. The minimum Gasteiger partial charge on any atom is -0.308 e. The van der Waals surface area contributed by atoms with Crippen LogP contribution in [0.15, 0.2) is 48.9 Å². The zero-order valence-electron chi connectivity index (χ0n) is 19.2. The Kier molecular flexibility index (Phi) is 6.77. The van der Waals surface area contributed by atoms with E-state index in [-0.39, 0.29) is 5.91 Å². The Morgan fingerprint density at radius 3 is 2.97 bits per heavy atom. The molecule has 0 unspecified atom stereocenters. The van der Waals surface area contributed by atoms with Gasteiger partial charge in [0.25, 0.3) is 5.91 Å². The smallest absolute Gasteiger partial charge is 0.257 e. The Bertz CT molecular complexity index is 1310. The summed E-state index contributed by atoms with van der Waals surface area (Å²) in [5, 5.41) is 8.10. The van der Waals surface area contributed by atoms with E-state index in [0.717, 1.165) is 46.2 Å². The second-order valence-electron chi connectivity index (χ2n) is 8.46. The summed E-state index contributed by atoms with van der Waals surface area (Å²) in [5.74, 6) is -0.125. The largest absolute Gasteiger partial charge is 0.308 e. The number of benzene rings is 1. The molecule has 1 aliphatic rings. The van der Waals surface area contributed by atoms with Crippen molar-refractivity contribution in [3.8, 4) is 10.6 Å². The average Bonchev–Trinajstić information content (AvgIpc) is 3.46. The molecular formula is C25H26N6OS2. The first kappa shape index (κ1) is 22.8. The monoisotopic (exact) mass is 490 g/mol. The standard InChI is InChI=1S/C25H26N6OS2/c1-16-6-8-26-14-20(16)24-28-13-19(33-24)12-27-11-17-4-3-5-18(10-17)23(32)30-25-29-21-7-9-31(2)15-22(21)34-25/h3-6,8,10,13-14,27H,7,9,11-12,15H2,1-2H3,(H,29,30,32). The summed E-state index contributed by atoms with van der Waals surface area (Å²) in [5.41, 5.74) is 5.05. The van der Waals surface area contributed by atoms with Crippen molar-refractivity contribution in [3.05, 3.63) is 81.1 Å². The number of thiazole rings is 2. The Labute approximate surface area is 206 Å². The van der Waals surface area contributed by atoms with E-state index in [1.165, 1.54) is 10.4 Å². The lowest BCUT2D eigenvalue weighted by Crippen LogP contribution is -2.25. The fourth-order valence-corrected chi connectivity index (χ4v) is 5.94. The van der Waals surface area contributed by atoms with Gasteiger partial charge in [0.2, 0.25) is 0 Å². The molecule has 0 saturated heterocycles. The Morgan fingerprint density at radius 1 is 1.18 bits per heavy atom. The van der Waals surface area contributed by atoms with E-state index in [9.17, 15) is 4.79 Å². The molecule has 5 rings (SSSR count). The number of likely N-dealkylation sites (N-methyl/N-ethyl adjacent to an activating group) is 1. The van der Waals surface area contributed by atoms with Gasteiger partial charge in [-0.05, 0) is 43.3 Å². The summed E-state index contributed by atoms with van der Waals surface area (Å²) < 4.78 is 0. The molecule has 2 N–H and O–H groups in total. The molecule has 0 aliphatic carbocycles. The number of carbonyl (C=O) groups excluding carboxylic acids is 1. The SMILES string of the molecule is Cc1ccncc1-c1ncc(CNCc2cccc(C(=O)Nc3nc4c(s3)CN(C)CC4)c2)s1. The van der Waals surface area contributed by atoms with Crippen molar-refractivity contribution in [2.75, 3.05) is 18.9 Å². The van der Waals surface area contributed by atoms with Crippen molar-refractivity contribution in [2.24, 2.45) is 0 Å². The maximum absolute atomic E-state index is 12.8. The molecule has 4 aromatic rings. The van der Waals surface area contributed by atoms with Crippen molar-refractivity contribution in [3.63, 3.8) is 0 Å². The third kappa shape index (κ3) is 5.23. The molecule has 0 spiro atoms. The maximum atomic E-state index is 12.8. The number of rotatable bonds is 7. The Hall–Kier alpha value is -2.98. The highest BCUT2D eigenvalue weighted by atomic mass is 32.1. The molecule has 0 fully saturated rings. The van der Waals surface area contributed by atoms with Gasteiger partial charge in [-0.2, -0.15) is 0 Å². The van der Waals surface area contributed by atoms with Crippen LogP contribution in [0.4, 0.5) is 5.13 Å². The lowest BCUT2D eigenvalue weighted by Gasteiger charge is -2.20. The summed E-state index contributed by atoms with van der Waals surface area (Å²) in [6.07, 6.45) is 6.50. The highest BCUT2D eigenvalue weighted by molar-refractivity contribution is 7.16. The molecular weight excluding hydrogens is 464 g/mol. The topological polar surface area (TPSA) is 83.0 Å². The van der Waals surface area contributed by atoms with E-state index < -0.39 is 0 Å². The number of aryl methyl sites for hydroxylation is 1. The average molecular weight is 491 g/mol. The molecule has 3 aromatic heterocycles. The van der Waals surface area contributed by atoms with Gasteiger partial charge in [0, 0.05) is 72.1 Å². The summed E-state index contributed by atoms with van der Waals surface area (Å²) in [7, 11) is 2.11. The van der Waals surface area contributed by atoms with Gasteiger partial charge in [0.05, 0.1) is 5.69 Å². The predicted molar refractivity (Wildman–Crippen MR) is 137 cm³/mol. The van der Waals surface area contributed by atoms with Gasteiger partial charge in [-0.3, -0.25) is 15.1 Å². The number of pyridine rings is 1. The molecule has 174 valence electrons. The van der Waals surface area contributed by atoms with Crippen LogP contribution in [0.3, 0.4) is 0 Å². The number of hydrogen-bond donors (Lipinski definition) is 2.